The van der Waals surface area contributed by atoms with E-state index < -0.39 is 0 Å². The Bertz CT molecular complexity index is 1110. The first-order chi connectivity index (χ1) is 20.4. The highest BCUT2D eigenvalue weighted by molar-refractivity contribution is 5.99. The lowest BCUT2D eigenvalue weighted by molar-refractivity contribution is -0.0304. The van der Waals surface area contributed by atoms with Gasteiger partial charge in [-0.2, -0.15) is 0 Å². The van der Waals surface area contributed by atoms with Crippen molar-refractivity contribution >= 4 is 10.9 Å². The topological polar surface area (TPSA) is 73.1 Å². The first-order valence-electron chi connectivity index (χ1n) is 16.2. The van der Waals surface area contributed by atoms with Crippen LogP contribution >= 0.6 is 0 Å². The van der Waals surface area contributed by atoms with E-state index in [0.717, 1.165) is 76.1 Å². The Morgan fingerprint density at radius 2 is 1.55 bits per heavy atom. The van der Waals surface area contributed by atoms with Crippen molar-refractivity contribution < 1.29 is 24.4 Å². The summed E-state index contributed by atoms with van der Waals surface area (Å²) in [5.41, 5.74) is 7.17. The normalized spacial score (nSPS) is 14.7. The van der Waals surface area contributed by atoms with E-state index in [1.807, 2.05) is 19.1 Å². The number of phenols is 1. The number of aromatic hydroxyl groups is 1. The van der Waals surface area contributed by atoms with Gasteiger partial charge in [-0.1, -0.05) is 51.8 Å². The molecule has 0 bridgehead atoms. The first-order valence-corrected chi connectivity index (χ1v) is 16.2. The molecule has 1 aliphatic heterocycles. The van der Waals surface area contributed by atoms with Gasteiger partial charge in [-0.15, -0.1) is 0 Å². The number of phenolic OH excluding ortho intramolecular Hbond substituents is 1. The van der Waals surface area contributed by atoms with Crippen molar-refractivity contribution in [3.8, 4) is 16.9 Å². The number of aliphatic hydroxyl groups is 1. The van der Waals surface area contributed by atoms with Crippen LogP contribution in [0.5, 0.6) is 5.75 Å². The number of aromatic nitrogens is 1. The SMILES string of the molecule is CCCCOCCC.CCCOCCCO.CCc1c(-c2cc(C)cc(O)c2)c2cc(C)ccc2n1C1CCCCO1. The Balaban J connectivity index is 0.000000319. The second-order valence-electron chi connectivity index (χ2n) is 11.1. The predicted octanol–water partition coefficient (Wildman–Crippen LogP) is 8.90. The van der Waals surface area contributed by atoms with Crippen LogP contribution in [0.2, 0.25) is 0 Å². The smallest absolute Gasteiger partial charge is 0.134 e. The predicted molar refractivity (Wildman–Crippen MR) is 176 cm³/mol. The molecule has 1 fully saturated rings. The Morgan fingerprint density at radius 1 is 0.833 bits per heavy atom. The maximum absolute atomic E-state index is 10.2. The van der Waals surface area contributed by atoms with E-state index in [2.05, 4.69) is 63.5 Å². The van der Waals surface area contributed by atoms with E-state index in [1.165, 1.54) is 47.0 Å². The fourth-order valence-corrected chi connectivity index (χ4v) is 5.22. The second kappa shape index (κ2) is 20.5. The molecule has 0 saturated carbocycles. The zero-order valence-electron chi connectivity index (χ0n) is 27.2. The Labute approximate surface area is 255 Å². The molecular weight excluding hydrogens is 526 g/mol. The van der Waals surface area contributed by atoms with Crippen LogP contribution in [0.15, 0.2) is 36.4 Å². The van der Waals surface area contributed by atoms with Crippen molar-refractivity contribution in [1.29, 1.82) is 0 Å². The molecule has 0 aliphatic carbocycles. The number of benzene rings is 2. The molecule has 1 aliphatic rings. The number of ether oxygens (including phenoxy) is 3. The van der Waals surface area contributed by atoms with Gasteiger partial charge in [0.2, 0.25) is 0 Å². The average Bonchev–Trinajstić information content (AvgIpc) is 3.32. The third-order valence-electron chi connectivity index (χ3n) is 7.18. The van der Waals surface area contributed by atoms with E-state index in [-0.39, 0.29) is 12.8 Å². The third-order valence-corrected chi connectivity index (χ3v) is 7.18. The van der Waals surface area contributed by atoms with Crippen LogP contribution in [-0.4, -0.2) is 54.4 Å². The van der Waals surface area contributed by atoms with E-state index in [9.17, 15) is 5.11 Å². The molecule has 2 N–H and O–H groups in total. The summed E-state index contributed by atoms with van der Waals surface area (Å²) in [7, 11) is 0. The van der Waals surface area contributed by atoms with Gasteiger partial charge in [0.25, 0.3) is 0 Å². The molecule has 6 nitrogen and oxygen atoms in total. The van der Waals surface area contributed by atoms with Crippen LogP contribution in [-0.2, 0) is 20.6 Å². The van der Waals surface area contributed by atoms with Crippen LogP contribution in [0.1, 0.15) is 102 Å². The van der Waals surface area contributed by atoms with Gasteiger partial charge < -0.3 is 29.0 Å². The van der Waals surface area contributed by atoms with Crippen molar-refractivity contribution in [3.05, 3.63) is 53.2 Å². The molecule has 1 unspecified atom stereocenters. The number of nitrogens with zero attached hydrogens (tertiary/aromatic N) is 1. The summed E-state index contributed by atoms with van der Waals surface area (Å²) in [4.78, 5) is 0. The highest BCUT2D eigenvalue weighted by Gasteiger charge is 2.25. The van der Waals surface area contributed by atoms with Gasteiger partial charge in [-0.3, -0.25) is 0 Å². The van der Waals surface area contributed by atoms with Gasteiger partial charge in [0.15, 0.2) is 0 Å². The van der Waals surface area contributed by atoms with Crippen molar-refractivity contribution in [3.63, 3.8) is 0 Å². The van der Waals surface area contributed by atoms with E-state index in [0.29, 0.717) is 12.4 Å². The van der Waals surface area contributed by atoms with Crippen LogP contribution in [0, 0.1) is 13.8 Å². The summed E-state index contributed by atoms with van der Waals surface area (Å²) in [6.07, 6.45) is 9.87. The number of unbranched alkanes of at least 4 members (excludes halogenated alkanes) is 1. The van der Waals surface area contributed by atoms with Gasteiger partial charge in [0.05, 0.1) is 5.52 Å². The maximum Gasteiger partial charge on any atom is 0.134 e. The van der Waals surface area contributed by atoms with Crippen molar-refractivity contribution in [1.82, 2.24) is 4.57 Å². The zero-order valence-corrected chi connectivity index (χ0v) is 27.2. The third kappa shape index (κ3) is 11.4. The van der Waals surface area contributed by atoms with Crippen LogP contribution in [0.4, 0.5) is 0 Å². The first kappa shape index (κ1) is 35.8. The quantitative estimate of drug-likeness (QED) is 0.197. The molecule has 0 amide bonds. The maximum atomic E-state index is 10.2. The number of aryl methyl sites for hydroxylation is 2. The highest BCUT2D eigenvalue weighted by atomic mass is 16.5. The summed E-state index contributed by atoms with van der Waals surface area (Å²) in [6, 6.07) is 12.5. The second-order valence-corrected chi connectivity index (χ2v) is 11.1. The van der Waals surface area contributed by atoms with Gasteiger partial charge in [0.1, 0.15) is 12.0 Å². The number of aliphatic hydroxyl groups excluding tert-OH is 1. The largest absolute Gasteiger partial charge is 0.508 e. The molecule has 1 aromatic heterocycles. The minimum atomic E-state index is 0.107. The van der Waals surface area contributed by atoms with Gasteiger partial charge in [-0.05, 0) is 101 Å². The molecule has 42 heavy (non-hydrogen) atoms. The van der Waals surface area contributed by atoms with Crippen LogP contribution in [0.25, 0.3) is 22.0 Å². The number of hydrogen-bond donors (Lipinski definition) is 2. The molecule has 1 atom stereocenters. The van der Waals surface area contributed by atoms with Gasteiger partial charge in [-0.25, -0.2) is 0 Å². The highest BCUT2D eigenvalue weighted by Crippen LogP contribution is 2.41. The standard InChI is InChI=1S/C23H27NO2.C7H16O.C6H14O2/c1-4-20-23(17-11-16(3)12-18(25)14-17)19-13-15(2)8-9-21(19)24(20)22-7-5-6-10-26-22;1-3-5-7-8-6-4-2;1-2-5-8-6-3-4-7/h8-9,11-14,22,25H,4-7,10H2,1-3H3;3-7H2,1-2H3;7H,2-6H2,1H3. The van der Waals surface area contributed by atoms with Gasteiger partial charge >= 0.3 is 0 Å². The summed E-state index contributed by atoms with van der Waals surface area (Å²) in [6.45, 7) is 17.2. The molecule has 0 spiro atoms. The van der Waals surface area contributed by atoms with Crippen LogP contribution in [0.3, 0.4) is 0 Å². The molecule has 236 valence electrons. The lowest BCUT2D eigenvalue weighted by Crippen LogP contribution is -2.19. The van der Waals surface area contributed by atoms with E-state index in [4.69, 9.17) is 19.3 Å². The van der Waals surface area contributed by atoms with Crippen molar-refractivity contribution in [2.45, 2.75) is 106 Å². The Morgan fingerprint density at radius 3 is 2.12 bits per heavy atom. The average molecular weight is 584 g/mol. The minimum absolute atomic E-state index is 0.107. The monoisotopic (exact) mass is 583 g/mol. The van der Waals surface area contributed by atoms with Crippen molar-refractivity contribution in [2.24, 2.45) is 0 Å². The molecular formula is C36H57NO5. The lowest BCUT2D eigenvalue weighted by Gasteiger charge is -2.27. The molecule has 2 aromatic carbocycles. The number of rotatable bonds is 13. The van der Waals surface area contributed by atoms with Crippen molar-refractivity contribution in [2.75, 3.05) is 39.6 Å². The van der Waals surface area contributed by atoms with Gasteiger partial charge in [0, 0.05) is 56.3 Å². The number of hydrogen-bond acceptors (Lipinski definition) is 5. The summed E-state index contributed by atoms with van der Waals surface area (Å²) in [5, 5.41) is 19.7. The fraction of sp³-hybridized carbons (Fsp3) is 0.611. The Kier molecular flexibility index (Phi) is 17.5. The minimum Gasteiger partial charge on any atom is -0.508 e. The van der Waals surface area contributed by atoms with E-state index in [1.54, 1.807) is 0 Å². The summed E-state index contributed by atoms with van der Waals surface area (Å²) in [5.74, 6) is 0.324. The van der Waals surface area contributed by atoms with E-state index >= 15 is 0 Å². The Hall–Kier alpha value is -2.38. The molecule has 2 heterocycles. The molecule has 3 aromatic rings. The van der Waals surface area contributed by atoms with Crippen LogP contribution < -0.4 is 0 Å². The molecule has 0 radical (unpaired) electrons. The summed E-state index contributed by atoms with van der Waals surface area (Å²) < 4.78 is 18.8. The molecule has 6 heteroatoms. The molecule has 4 rings (SSSR count). The molecule has 1 saturated heterocycles. The fourth-order valence-electron chi connectivity index (χ4n) is 5.22. The lowest BCUT2D eigenvalue weighted by atomic mass is 9.98. The zero-order chi connectivity index (χ0) is 30.7. The summed E-state index contributed by atoms with van der Waals surface area (Å²) >= 11 is 0. The number of fused-ring (bicyclic) bond motifs is 1.